The van der Waals surface area contributed by atoms with Crippen molar-refractivity contribution >= 4 is 78.0 Å². The van der Waals surface area contributed by atoms with Gasteiger partial charge in [-0.3, -0.25) is 0 Å². The molecule has 96 valence electrons. The molecule has 0 aliphatic rings. The van der Waals surface area contributed by atoms with E-state index < -0.39 is 0 Å². The molecule has 0 aliphatic carbocycles. The van der Waals surface area contributed by atoms with Gasteiger partial charge in [0, 0.05) is 9.35 Å². The first-order valence-corrected chi connectivity index (χ1v) is 8.66. The van der Waals surface area contributed by atoms with Gasteiger partial charge in [0.15, 0.2) is 0 Å². The van der Waals surface area contributed by atoms with E-state index in [1.54, 1.807) is 11.3 Å². The highest BCUT2D eigenvalue weighted by Gasteiger charge is 2.14. The molecule has 1 heterocycles. The van der Waals surface area contributed by atoms with E-state index in [2.05, 4.69) is 31.9 Å². The van der Waals surface area contributed by atoms with Gasteiger partial charge in [-0.15, -0.1) is 11.3 Å². The van der Waals surface area contributed by atoms with Gasteiger partial charge in [0.1, 0.15) is 4.34 Å². The summed E-state index contributed by atoms with van der Waals surface area (Å²) in [4.78, 5) is 1.39. The monoisotopic (exact) mass is 446 g/mol. The van der Waals surface area contributed by atoms with Crippen LogP contribution in [0.2, 0.25) is 14.4 Å². The SMILES string of the molecule is Clc1ccc(CC(Br)c2cc(Br)c(Cl)s2)cc1Cl. The van der Waals surface area contributed by atoms with Gasteiger partial charge in [0.2, 0.25) is 0 Å². The third-order valence-electron chi connectivity index (χ3n) is 2.37. The molecule has 18 heavy (non-hydrogen) atoms. The van der Waals surface area contributed by atoms with Crippen molar-refractivity contribution in [3.63, 3.8) is 0 Å². The Balaban J connectivity index is 2.15. The van der Waals surface area contributed by atoms with Crippen LogP contribution in [0.25, 0.3) is 0 Å². The molecule has 0 amide bonds. The van der Waals surface area contributed by atoms with Crippen molar-refractivity contribution < 1.29 is 0 Å². The molecule has 0 bridgehead atoms. The van der Waals surface area contributed by atoms with Gasteiger partial charge in [-0.05, 0) is 46.1 Å². The van der Waals surface area contributed by atoms with Crippen LogP contribution in [0.5, 0.6) is 0 Å². The van der Waals surface area contributed by atoms with Gasteiger partial charge in [-0.2, -0.15) is 0 Å². The summed E-state index contributed by atoms with van der Waals surface area (Å²) in [6.07, 6.45) is 0.834. The number of hydrogen-bond acceptors (Lipinski definition) is 1. The molecule has 0 saturated heterocycles. The highest BCUT2D eigenvalue weighted by molar-refractivity contribution is 9.10. The van der Waals surface area contributed by atoms with E-state index in [9.17, 15) is 0 Å². The minimum Gasteiger partial charge on any atom is -0.126 e. The Hall–Kier alpha value is 0.750. The normalized spacial score (nSPS) is 12.7. The van der Waals surface area contributed by atoms with Crippen LogP contribution in [0.4, 0.5) is 0 Å². The summed E-state index contributed by atoms with van der Waals surface area (Å²) in [5.74, 6) is 0. The van der Waals surface area contributed by atoms with E-state index in [1.165, 1.54) is 4.88 Å². The van der Waals surface area contributed by atoms with Crippen LogP contribution in [-0.4, -0.2) is 0 Å². The number of halogens is 5. The quantitative estimate of drug-likeness (QED) is 0.437. The molecule has 0 aliphatic heterocycles. The fraction of sp³-hybridized carbons (Fsp3) is 0.167. The first-order chi connectivity index (χ1) is 8.47. The van der Waals surface area contributed by atoms with Crippen LogP contribution in [0.3, 0.4) is 0 Å². The molecular weight excluding hydrogens is 442 g/mol. The predicted octanol–water partition coefficient (Wildman–Crippen LogP) is 7.15. The summed E-state index contributed by atoms with van der Waals surface area (Å²) in [6.45, 7) is 0. The number of benzene rings is 1. The van der Waals surface area contributed by atoms with Crippen LogP contribution in [0.1, 0.15) is 15.3 Å². The van der Waals surface area contributed by atoms with E-state index in [4.69, 9.17) is 34.8 Å². The second kappa shape index (κ2) is 6.47. The molecule has 1 atom stereocenters. The second-order valence-corrected chi connectivity index (χ2v) is 8.15. The molecule has 0 N–H and O–H groups in total. The third-order valence-corrected chi connectivity index (χ3v) is 6.82. The number of hydrogen-bond donors (Lipinski definition) is 0. The van der Waals surface area contributed by atoms with E-state index in [0.29, 0.717) is 10.0 Å². The lowest BCUT2D eigenvalue weighted by Gasteiger charge is -2.08. The maximum atomic E-state index is 6.03. The molecule has 2 aromatic rings. The summed E-state index contributed by atoms with van der Waals surface area (Å²) < 4.78 is 1.70. The zero-order valence-electron chi connectivity index (χ0n) is 8.89. The van der Waals surface area contributed by atoms with Crippen molar-refractivity contribution in [1.29, 1.82) is 0 Å². The Labute approximate surface area is 142 Å². The van der Waals surface area contributed by atoms with Crippen molar-refractivity contribution in [2.75, 3.05) is 0 Å². The lowest BCUT2D eigenvalue weighted by atomic mass is 10.1. The Bertz CT molecular complexity index is 549. The maximum Gasteiger partial charge on any atom is 0.107 e. The second-order valence-electron chi connectivity index (χ2n) is 3.69. The molecule has 1 aromatic carbocycles. The zero-order chi connectivity index (χ0) is 13.3. The minimum absolute atomic E-state index is 0.212. The molecule has 1 aromatic heterocycles. The molecular formula is C12H7Br2Cl3S. The third kappa shape index (κ3) is 3.65. The molecule has 0 nitrogen and oxygen atoms in total. The number of alkyl halides is 1. The van der Waals surface area contributed by atoms with Crippen molar-refractivity contribution in [2.24, 2.45) is 0 Å². The number of rotatable bonds is 3. The Morgan fingerprint density at radius 3 is 2.39 bits per heavy atom. The van der Waals surface area contributed by atoms with Crippen LogP contribution >= 0.6 is 78.0 Å². The Kier molecular flexibility index (Phi) is 5.44. The summed E-state index contributed by atoms with van der Waals surface area (Å²) >= 11 is 26.6. The van der Waals surface area contributed by atoms with E-state index >= 15 is 0 Å². The molecule has 6 heteroatoms. The van der Waals surface area contributed by atoms with Gasteiger partial charge >= 0.3 is 0 Å². The smallest absolute Gasteiger partial charge is 0.107 e. The van der Waals surface area contributed by atoms with Crippen LogP contribution in [-0.2, 0) is 6.42 Å². The lowest BCUT2D eigenvalue weighted by molar-refractivity contribution is 0.969. The summed E-state index contributed by atoms with van der Waals surface area (Å²) in [7, 11) is 0. The van der Waals surface area contributed by atoms with E-state index in [-0.39, 0.29) is 4.83 Å². The predicted molar refractivity (Wildman–Crippen MR) is 88.9 cm³/mol. The number of thiophene rings is 1. The highest BCUT2D eigenvalue weighted by Crippen LogP contribution is 2.39. The van der Waals surface area contributed by atoms with Crippen molar-refractivity contribution in [1.82, 2.24) is 0 Å². The first kappa shape index (κ1) is 15.1. The molecule has 0 saturated carbocycles. The summed E-state index contributed by atoms with van der Waals surface area (Å²) in [6, 6.07) is 7.72. The van der Waals surface area contributed by atoms with E-state index in [1.807, 2.05) is 24.3 Å². The minimum atomic E-state index is 0.212. The lowest BCUT2D eigenvalue weighted by Crippen LogP contribution is -1.92. The zero-order valence-corrected chi connectivity index (χ0v) is 15.1. The first-order valence-electron chi connectivity index (χ1n) is 5.00. The molecule has 1 unspecified atom stereocenters. The summed E-state index contributed by atoms with van der Waals surface area (Å²) in [5.41, 5.74) is 1.13. The highest BCUT2D eigenvalue weighted by atomic mass is 79.9. The topological polar surface area (TPSA) is 0 Å². The molecule has 0 spiro atoms. The fourth-order valence-corrected chi connectivity index (χ4v) is 4.31. The Morgan fingerprint density at radius 1 is 1.11 bits per heavy atom. The standard InChI is InChI=1S/C12H7Br2Cl3S/c13-7(11-5-8(14)12(17)18-11)3-6-1-2-9(15)10(16)4-6/h1-2,4-5,7H,3H2. The average Bonchev–Trinajstić information content (AvgIpc) is 2.65. The van der Waals surface area contributed by atoms with E-state index in [0.717, 1.165) is 20.8 Å². The largest absolute Gasteiger partial charge is 0.126 e. The maximum absolute atomic E-state index is 6.03. The van der Waals surface area contributed by atoms with Crippen LogP contribution in [0.15, 0.2) is 28.7 Å². The fourth-order valence-electron chi connectivity index (χ4n) is 1.49. The van der Waals surface area contributed by atoms with Gasteiger partial charge in [0.05, 0.1) is 14.9 Å². The van der Waals surface area contributed by atoms with Gasteiger partial charge in [0.25, 0.3) is 0 Å². The molecule has 0 radical (unpaired) electrons. The van der Waals surface area contributed by atoms with Gasteiger partial charge in [-0.25, -0.2) is 0 Å². The van der Waals surface area contributed by atoms with Crippen LogP contribution in [0, 0.1) is 0 Å². The Morgan fingerprint density at radius 2 is 1.83 bits per heavy atom. The van der Waals surface area contributed by atoms with Crippen molar-refractivity contribution in [3.05, 3.63) is 53.6 Å². The van der Waals surface area contributed by atoms with Crippen molar-refractivity contribution in [2.45, 2.75) is 11.2 Å². The van der Waals surface area contributed by atoms with Gasteiger partial charge in [-0.1, -0.05) is 56.8 Å². The average molecular weight is 449 g/mol. The van der Waals surface area contributed by atoms with Crippen molar-refractivity contribution in [3.8, 4) is 0 Å². The van der Waals surface area contributed by atoms with Gasteiger partial charge < -0.3 is 0 Å². The van der Waals surface area contributed by atoms with Crippen LogP contribution < -0.4 is 0 Å². The molecule has 0 fully saturated rings. The summed E-state index contributed by atoms with van der Waals surface area (Å²) in [5, 5.41) is 1.16. The molecule has 2 rings (SSSR count).